The molecule has 5 heteroatoms. The van der Waals surface area contributed by atoms with Crippen molar-refractivity contribution in [1.29, 1.82) is 0 Å². The molecule has 4 saturated carbocycles. The topological polar surface area (TPSA) is 72.8 Å². The number of carbonyl (C=O) groups excluding carboxylic acids is 2. The first-order chi connectivity index (χ1) is 14.1. The van der Waals surface area contributed by atoms with Crippen LogP contribution in [0.4, 0.5) is 0 Å². The second kappa shape index (κ2) is 7.36. The maximum atomic E-state index is 12.2. The highest BCUT2D eigenvalue weighted by Gasteiger charge is 2.68. The summed E-state index contributed by atoms with van der Waals surface area (Å²) in [5.74, 6) is 0.588. The fourth-order valence-corrected chi connectivity index (χ4v) is 8.17. The molecule has 0 amide bonds. The van der Waals surface area contributed by atoms with Gasteiger partial charge in [0.25, 0.3) is 0 Å². The molecular weight excluding hydrogens is 380 g/mol. The van der Waals surface area contributed by atoms with Gasteiger partial charge in [-0.3, -0.25) is 9.59 Å². The Kier molecular flexibility index (Phi) is 5.36. The second-order valence-corrected chi connectivity index (χ2v) is 11.1. The third-order valence-electron chi connectivity index (χ3n) is 9.60. The highest BCUT2D eigenvalue weighted by Crippen LogP contribution is 2.72. The van der Waals surface area contributed by atoms with Crippen LogP contribution in [0.2, 0.25) is 0 Å². The Balaban J connectivity index is 1.71. The summed E-state index contributed by atoms with van der Waals surface area (Å²) < 4.78 is 11.5. The van der Waals surface area contributed by atoms with Crippen molar-refractivity contribution in [2.75, 3.05) is 6.61 Å². The third-order valence-corrected chi connectivity index (χ3v) is 9.60. The van der Waals surface area contributed by atoms with E-state index in [1.165, 1.54) is 12.5 Å². The molecule has 0 heterocycles. The molecule has 0 unspecified atom stereocenters. The Morgan fingerprint density at radius 1 is 1.20 bits per heavy atom. The number of ether oxygens (including phenoxy) is 2. The molecule has 0 aliphatic heterocycles. The standard InChI is InChI=1S/C25H38O5/c1-6-22(28)30-21-9-10-23(4)18-8-7-17-13-25(18,12-15(17)2)20(27)11-19(23)24(21,5)14-29-16(3)26/h17-21,27H,2,6-14H2,1,3-5H3/t17-,18-,19+,20-,21+,23-,24+,25+/m0/s1. The largest absolute Gasteiger partial charge is 0.465 e. The molecule has 1 spiro atoms. The van der Waals surface area contributed by atoms with Gasteiger partial charge in [-0.05, 0) is 68.1 Å². The Morgan fingerprint density at radius 3 is 2.60 bits per heavy atom. The number of aliphatic hydroxyl groups excluding tert-OH is 1. The van der Waals surface area contributed by atoms with E-state index in [4.69, 9.17) is 9.47 Å². The Hall–Kier alpha value is -1.36. The monoisotopic (exact) mass is 418 g/mol. The fraction of sp³-hybridized carbons (Fsp3) is 0.840. The van der Waals surface area contributed by atoms with Crippen molar-refractivity contribution in [3.8, 4) is 0 Å². The minimum absolute atomic E-state index is 0.0266. The van der Waals surface area contributed by atoms with Crippen LogP contribution in [-0.4, -0.2) is 35.9 Å². The summed E-state index contributed by atoms with van der Waals surface area (Å²) >= 11 is 0. The van der Waals surface area contributed by atoms with Crippen molar-refractivity contribution in [1.82, 2.24) is 0 Å². The normalized spacial score (nSPS) is 47.2. The van der Waals surface area contributed by atoms with E-state index in [2.05, 4.69) is 20.4 Å². The van der Waals surface area contributed by atoms with Crippen molar-refractivity contribution in [3.05, 3.63) is 12.2 Å². The molecule has 4 aliphatic carbocycles. The predicted octanol–water partition coefficient (Wildman–Crippen LogP) is 4.42. The van der Waals surface area contributed by atoms with E-state index < -0.39 is 5.41 Å². The van der Waals surface area contributed by atoms with Gasteiger partial charge in [-0.15, -0.1) is 0 Å². The maximum absolute atomic E-state index is 12.2. The second-order valence-electron chi connectivity index (χ2n) is 11.1. The lowest BCUT2D eigenvalue weighted by atomic mass is 9.40. The molecular formula is C25H38O5. The highest BCUT2D eigenvalue weighted by molar-refractivity contribution is 5.69. The zero-order valence-electron chi connectivity index (χ0n) is 19.0. The van der Waals surface area contributed by atoms with Crippen LogP contribution in [0.15, 0.2) is 12.2 Å². The van der Waals surface area contributed by atoms with E-state index in [9.17, 15) is 14.7 Å². The van der Waals surface area contributed by atoms with Gasteiger partial charge in [-0.2, -0.15) is 0 Å². The minimum Gasteiger partial charge on any atom is -0.465 e. The number of hydrogen-bond acceptors (Lipinski definition) is 5. The van der Waals surface area contributed by atoms with Crippen molar-refractivity contribution >= 4 is 11.9 Å². The SMILES string of the molecule is C=C1C[C@@]23C[C@@H]1CC[C@H]2[C@]1(C)CC[C@@H](OC(=O)CC)[C@](C)(COC(C)=O)[C@@H]1C[C@@H]3O. The summed E-state index contributed by atoms with van der Waals surface area (Å²) in [5.41, 5.74) is 0.796. The van der Waals surface area contributed by atoms with Gasteiger partial charge in [0.2, 0.25) is 0 Å². The number of fused-ring (bicyclic) bond motifs is 3. The number of rotatable bonds is 4. The number of esters is 2. The van der Waals surface area contributed by atoms with Crippen molar-refractivity contribution in [3.63, 3.8) is 0 Å². The summed E-state index contributed by atoms with van der Waals surface area (Å²) in [5, 5.41) is 11.5. The molecule has 4 aliphatic rings. The van der Waals surface area contributed by atoms with Crippen LogP contribution in [-0.2, 0) is 19.1 Å². The van der Waals surface area contributed by atoms with Crippen LogP contribution in [0.5, 0.6) is 0 Å². The van der Waals surface area contributed by atoms with Crippen LogP contribution in [0.25, 0.3) is 0 Å². The molecule has 168 valence electrons. The quantitative estimate of drug-likeness (QED) is 0.540. The van der Waals surface area contributed by atoms with E-state index in [-0.39, 0.29) is 47.5 Å². The molecule has 0 aromatic heterocycles. The van der Waals surface area contributed by atoms with Gasteiger partial charge in [0, 0.05) is 24.2 Å². The van der Waals surface area contributed by atoms with Crippen LogP contribution in [0, 0.1) is 34.0 Å². The summed E-state index contributed by atoms with van der Waals surface area (Å²) in [6.45, 7) is 12.3. The summed E-state index contributed by atoms with van der Waals surface area (Å²) in [6, 6.07) is 0. The smallest absolute Gasteiger partial charge is 0.305 e. The summed E-state index contributed by atoms with van der Waals surface area (Å²) in [6.07, 6.45) is 6.37. The molecule has 4 rings (SSSR count). The van der Waals surface area contributed by atoms with E-state index in [1.54, 1.807) is 6.92 Å². The highest BCUT2D eigenvalue weighted by atomic mass is 16.6. The molecule has 5 nitrogen and oxygen atoms in total. The van der Waals surface area contributed by atoms with Crippen molar-refractivity contribution in [2.45, 2.75) is 91.3 Å². The average Bonchev–Trinajstić information content (AvgIpc) is 2.95. The third kappa shape index (κ3) is 3.06. The molecule has 30 heavy (non-hydrogen) atoms. The molecule has 0 aromatic rings. The van der Waals surface area contributed by atoms with Gasteiger partial charge in [0.05, 0.1) is 6.10 Å². The molecule has 0 saturated heterocycles. The molecule has 8 atom stereocenters. The van der Waals surface area contributed by atoms with Crippen LogP contribution in [0.1, 0.15) is 79.1 Å². The Bertz CT molecular complexity index is 746. The minimum atomic E-state index is -0.501. The van der Waals surface area contributed by atoms with Crippen LogP contribution in [0.3, 0.4) is 0 Å². The number of allylic oxidation sites excluding steroid dienone is 1. The first-order valence-electron chi connectivity index (χ1n) is 11.8. The van der Waals surface area contributed by atoms with Crippen molar-refractivity contribution in [2.24, 2.45) is 34.0 Å². The van der Waals surface area contributed by atoms with Gasteiger partial charge in [0.1, 0.15) is 12.7 Å². The van der Waals surface area contributed by atoms with Crippen molar-refractivity contribution < 1.29 is 24.2 Å². The van der Waals surface area contributed by atoms with E-state index >= 15 is 0 Å². The number of carbonyl (C=O) groups is 2. The number of aliphatic hydroxyl groups is 1. The van der Waals surface area contributed by atoms with E-state index in [0.29, 0.717) is 24.7 Å². The van der Waals surface area contributed by atoms with E-state index in [0.717, 1.165) is 38.5 Å². The molecule has 2 bridgehead atoms. The molecule has 1 N–H and O–H groups in total. The summed E-state index contributed by atoms with van der Waals surface area (Å²) in [7, 11) is 0. The molecule has 4 fully saturated rings. The lowest BCUT2D eigenvalue weighted by Crippen LogP contribution is -2.65. The number of hydrogen-bond donors (Lipinski definition) is 1. The zero-order chi connectivity index (χ0) is 21.9. The fourth-order valence-electron chi connectivity index (χ4n) is 8.17. The first-order valence-corrected chi connectivity index (χ1v) is 11.8. The van der Waals surface area contributed by atoms with Crippen LogP contribution < -0.4 is 0 Å². The Labute approximate surface area is 180 Å². The van der Waals surface area contributed by atoms with Gasteiger partial charge in [-0.1, -0.05) is 32.9 Å². The summed E-state index contributed by atoms with van der Waals surface area (Å²) in [4.78, 5) is 23.9. The van der Waals surface area contributed by atoms with E-state index in [1.807, 2.05) is 0 Å². The first kappa shape index (κ1) is 21.9. The lowest BCUT2D eigenvalue weighted by molar-refractivity contribution is -0.238. The average molecular weight is 419 g/mol. The van der Waals surface area contributed by atoms with Gasteiger partial charge < -0.3 is 14.6 Å². The van der Waals surface area contributed by atoms with Gasteiger partial charge >= 0.3 is 11.9 Å². The Morgan fingerprint density at radius 2 is 1.93 bits per heavy atom. The van der Waals surface area contributed by atoms with Crippen LogP contribution >= 0.6 is 0 Å². The predicted molar refractivity (Wildman–Crippen MR) is 113 cm³/mol. The molecule has 0 aromatic carbocycles. The maximum Gasteiger partial charge on any atom is 0.305 e. The van der Waals surface area contributed by atoms with Gasteiger partial charge in [0.15, 0.2) is 0 Å². The zero-order valence-corrected chi connectivity index (χ0v) is 19.0. The van der Waals surface area contributed by atoms with Gasteiger partial charge in [-0.25, -0.2) is 0 Å². The molecule has 0 radical (unpaired) electrons. The lowest BCUT2D eigenvalue weighted by Gasteiger charge is -2.66.